The smallest absolute Gasteiger partial charge is 0.333 e. The monoisotopic (exact) mass is 752 g/mol. The fourth-order valence-electron chi connectivity index (χ4n) is 8.74. The molecule has 1 aliphatic carbocycles. The standard InChI is InChI=1S/C53H56N2O2/c1-33(2)53(56)57-50-16-12-11-15-49(50)55-48-28-27-47(45-13-9-10-14-46(45)48)51(42-22-24-43(25-23-42)54-52-38(7)31-35(4)32-39(52)8)41-20-17-40(18-21-41)19-26-44-36(5)29-34(3)30-37(44)6/h9-10,13-14,17-25,27-32,49-50,54-55H,1,11-12,15-16,26H2,2-8H3. The van der Waals surface area contributed by atoms with E-state index in [-0.39, 0.29) is 18.1 Å². The minimum absolute atomic E-state index is 0.0249. The van der Waals surface area contributed by atoms with Crippen LogP contribution in [0, 0.1) is 41.5 Å². The molecule has 1 saturated carbocycles. The maximum Gasteiger partial charge on any atom is 0.333 e. The Morgan fingerprint density at radius 2 is 1.35 bits per heavy atom. The van der Waals surface area contributed by atoms with E-state index in [1.54, 1.807) is 6.92 Å². The second-order valence-electron chi connectivity index (χ2n) is 16.2. The molecule has 2 unspecified atom stereocenters. The lowest BCUT2D eigenvalue weighted by Gasteiger charge is -2.33. The number of benzene rings is 6. The number of fused-ring (bicyclic) bond motifs is 1. The molecule has 57 heavy (non-hydrogen) atoms. The van der Waals surface area contributed by atoms with Crippen LogP contribution in [0.5, 0.6) is 0 Å². The largest absolute Gasteiger partial charge is 0.457 e. The zero-order valence-electron chi connectivity index (χ0n) is 34.7. The molecule has 0 bridgehead atoms. The summed E-state index contributed by atoms with van der Waals surface area (Å²) < 4.78 is 5.95. The summed E-state index contributed by atoms with van der Waals surface area (Å²) in [6, 6.07) is 40.0. The molecular formula is C53H56N2O2. The molecule has 290 valence electrons. The minimum Gasteiger partial charge on any atom is -0.457 e. The van der Waals surface area contributed by atoms with E-state index < -0.39 is 0 Å². The normalized spacial score (nSPS) is 15.2. The molecule has 0 spiro atoms. The highest BCUT2D eigenvalue weighted by Gasteiger charge is 2.29. The minimum atomic E-state index is -0.317. The highest BCUT2D eigenvalue weighted by molar-refractivity contribution is 6.03. The quantitative estimate of drug-likeness (QED) is 0.108. The van der Waals surface area contributed by atoms with Crippen molar-refractivity contribution in [1.29, 1.82) is 0 Å². The van der Waals surface area contributed by atoms with Crippen LogP contribution in [0.1, 0.15) is 82.7 Å². The van der Waals surface area contributed by atoms with Gasteiger partial charge in [-0.1, -0.05) is 121 Å². The maximum absolute atomic E-state index is 12.6. The molecule has 4 heteroatoms. The molecule has 0 saturated heterocycles. The van der Waals surface area contributed by atoms with E-state index in [9.17, 15) is 4.79 Å². The first kappa shape index (κ1) is 39.4. The summed E-state index contributed by atoms with van der Waals surface area (Å²) in [5.74, 6) is -0.317. The van der Waals surface area contributed by atoms with Gasteiger partial charge in [-0.25, -0.2) is 4.79 Å². The van der Waals surface area contributed by atoms with Gasteiger partial charge in [0.25, 0.3) is 0 Å². The van der Waals surface area contributed by atoms with Gasteiger partial charge in [-0.3, -0.25) is 0 Å². The van der Waals surface area contributed by atoms with E-state index in [0.29, 0.717) is 5.57 Å². The van der Waals surface area contributed by atoms with E-state index >= 15 is 0 Å². The van der Waals surface area contributed by atoms with Crippen LogP contribution in [-0.2, 0) is 16.0 Å². The van der Waals surface area contributed by atoms with Crippen molar-refractivity contribution in [2.24, 2.45) is 0 Å². The topological polar surface area (TPSA) is 50.4 Å². The molecule has 7 rings (SSSR count). The molecule has 2 atom stereocenters. The molecule has 0 amide bonds. The van der Waals surface area contributed by atoms with Crippen molar-refractivity contribution in [3.05, 3.63) is 182 Å². The average Bonchev–Trinajstić information content (AvgIpc) is 3.18. The SMILES string of the molecule is C=C(C)C(=O)OC1CCCCC1Nc1ccc(C(c2ccc(Nc3c(C)cc(C)cc3C)cc2)=c2ccc(=CCc3c(C)cc(C)cc3C)cc2)c2ccccc12. The summed E-state index contributed by atoms with van der Waals surface area (Å²) >= 11 is 0. The van der Waals surface area contributed by atoms with Crippen molar-refractivity contribution in [3.63, 3.8) is 0 Å². The van der Waals surface area contributed by atoms with Gasteiger partial charge < -0.3 is 15.4 Å². The molecule has 0 heterocycles. The lowest BCUT2D eigenvalue weighted by atomic mass is 9.89. The van der Waals surface area contributed by atoms with E-state index in [2.05, 4.69) is 174 Å². The molecule has 2 N–H and O–H groups in total. The van der Waals surface area contributed by atoms with Crippen molar-refractivity contribution in [3.8, 4) is 0 Å². The number of nitrogens with one attached hydrogen (secondary N) is 2. The third kappa shape index (κ3) is 8.92. The zero-order valence-corrected chi connectivity index (χ0v) is 34.7. The third-order valence-corrected chi connectivity index (χ3v) is 11.5. The number of aryl methyl sites for hydroxylation is 6. The van der Waals surface area contributed by atoms with Gasteiger partial charge in [0.15, 0.2) is 0 Å². The summed E-state index contributed by atoms with van der Waals surface area (Å²) in [4.78, 5) is 12.6. The first-order valence-electron chi connectivity index (χ1n) is 20.4. The summed E-state index contributed by atoms with van der Waals surface area (Å²) in [6.07, 6.45) is 6.97. The van der Waals surface area contributed by atoms with Gasteiger partial charge in [-0.15, -0.1) is 0 Å². The van der Waals surface area contributed by atoms with Crippen LogP contribution in [0.3, 0.4) is 0 Å². The lowest BCUT2D eigenvalue weighted by Crippen LogP contribution is -2.39. The predicted octanol–water partition coefficient (Wildman–Crippen LogP) is 11.5. The summed E-state index contributed by atoms with van der Waals surface area (Å²) in [5, 5.41) is 12.2. The van der Waals surface area contributed by atoms with Gasteiger partial charge in [0.1, 0.15) is 6.10 Å². The summed E-state index contributed by atoms with van der Waals surface area (Å²) in [5.41, 5.74) is 16.3. The van der Waals surface area contributed by atoms with Crippen LogP contribution in [0.15, 0.2) is 121 Å². The van der Waals surface area contributed by atoms with Crippen molar-refractivity contribution in [1.82, 2.24) is 0 Å². The van der Waals surface area contributed by atoms with Crippen molar-refractivity contribution >= 4 is 45.5 Å². The van der Waals surface area contributed by atoms with Gasteiger partial charge in [0.05, 0.1) is 6.04 Å². The predicted molar refractivity (Wildman–Crippen MR) is 241 cm³/mol. The Hall–Kier alpha value is -5.87. The van der Waals surface area contributed by atoms with Crippen LogP contribution in [-0.4, -0.2) is 18.1 Å². The van der Waals surface area contributed by atoms with Crippen molar-refractivity contribution < 1.29 is 9.53 Å². The van der Waals surface area contributed by atoms with Crippen LogP contribution in [0.2, 0.25) is 0 Å². The second kappa shape index (κ2) is 17.1. The van der Waals surface area contributed by atoms with E-state index in [0.717, 1.165) is 70.7 Å². The Morgan fingerprint density at radius 1 is 0.737 bits per heavy atom. The Kier molecular flexibility index (Phi) is 11.8. The van der Waals surface area contributed by atoms with Crippen LogP contribution in [0.4, 0.5) is 17.1 Å². The van der Waals surface area contributed by atoms with Crippen LogP contribution >= 0.6 is 0 Å². The number of carbonyl (C=O) groups is 1. The first-order valence-corrected chi connectivity index (χ1v) is 20.4. The number of ether oxygens (including phenoxy) is 1. The Bertz CT molecular complexity index is 2530. The number of hydrogen-bond donors (Lipinski definition) is 2. The van der Waals surface area contributed by atoms with E-state index in [1.165, 1.54) is 55.3 Å². The number of hydrogen-bond acceptors (Lipinski definition) is 4. The highest BCUT2D eigenvalue weighted by Crippen LogP contribution is 2.36. The molecule has 1 aliphatic rings. The first-order chi connectivity index (χ1) is 27.4. The van der Waals surface area contributed by atoms with Crippen LogP contribution < -0.4 is 21.1 Å². The molecule has 4 nitrogen and oxygen atoms in total. The molecule has 6 aromatic carbocycles. The van der Waals surface area contributed by atoms with Gasteiger partial charge >= 0.3 is 5.97 Å². The number of esters is 1. The Labute approximate surface area is 339 Å². The van der Waals surface area contributed by atoms with Gasteiger partial charge in [-0.2, -0.15) is 0 Å². The Morgan fingerprint density at radius 3 is 2.00 bits per heavy atom. The third-order valence-electron chi connectivity index (χ3n) is 11.5. The molecule has 6 aromatic rings. The van der Waals surface area contributed by atoms with Crippen molar-refractivity contribution in [2.75, 3.05) is 10.6 Å². The number of anilines is 3. The highest BCUT2D eigenvalue weighted by atomic mass is 16.5. The Balaban J connectivity index is 1.30. The molecule has 0 aliphatic heterocycles. The molecule has 1 fully saturated rings. The number of carbonyl (C=O) groups excluding carboxylic acids is 1. The fourth-order valence-corrected chi connectivity index (χ4v) is 8.74. The van der Waals surface area contributed by atoms with Crippen molar-refractivity contribution in [2.45, 2.75) is 92.7 Å². The summed E-state index contributed by atoms with van der Waals surface area (Å²) in [7, 11) is 0. The van der Waals surface area contributed by atoms with E-state index in [1.807, 2.05) is 0 Å². The van der Waals surface area contributed by atoms with Crippen LogP contribution in [0.25, 0.3) is 22.4 Å². The molecule has 0 radical (unpaired) electrons. The molecule has 0 aromatic heterocycles. The fraction of sp³-hybridized carbons (Fsp3) is 0.264. The second-order valence-corrected chi connectivity index (χ2v) is 16.2. The summed E-state index contributed by atoms with van der Waals surface area (Å²) in [6.45, 7) is 18.6. The maximum atomic E-state index is 12.6. The lowest BCUT2D eigenvalue weighted by molar-refractivity contribution is -0.146. The van der Waals surface area contributed by atoms with Gasteiger partial charge in [0, 0.05) is 28.0 Å². The average molecular weight is 753 g/mol. The van der Waals surface area contributed by atoms with E-state index in [4.69, 9.17) is 4.74 Å². The molecular weight excluding hydrogens is 697 g/mol. The van der Waals surface area contributed by atoms with Gasteiger partial charge in [-0.05, 0) is 153 Å². The zero-order chi connectivity index (χ0) is 40.2. The number of rotatable bonds is 10. The van der Waals surface area contributed by atoms with Gasteiger partial charge in [0.2, 0.25) is 0 Å².